The van der Waals surface area contributed by atoms with Crippen LogP contribution >= 0.6 is 0 Å². The Morgan fingerprint density at radius 1 is 1.71 bits per heavy atom. The molecule has 1 aliphatic heterocycles. The Balaban J connectivity index is 2.40. The van der Waals surface area contributed by atoms with Gasteiger partial charge in [0, 0.05) is 13.1 Å². The van der Waals surface area contributed by atoms with Gasteiger partial charge in [-0.05, 0) is 6.42 Å². The van der Waals surface area contributed by atoms with Gasteiger partial charge in [0.1, 0.15) is 6.10 Å². The lowest BCUT2D eigenvalue weighted by Gasteiger charge is -2.32. The van der Waals surface area contributed by atoms with Crippen LogP contribution in [0.5, 0.6) is 0 Å². The summed E-state index contributed by atoms with van der Waals surface area (Å²) in [7, 11) is 0. The molecule has 1 saturated heterocycles. The predicted octanol–water partition coefficient (Wildman–Crippen LogP) is -0.0567. The Morgan fingerprint density at radius 3 is 3.12 bits per heavy atom. The Labute approximate surface area is 101 Å². The quantitative estimate of drug-likeness (QED) is 0.212. The molecule has 2 amide bonds. The van der Waals surface area contributed by atoms with Gasteiger partial charge in [-0.15, -0.1) is 0 Å². The minimum absolute atomic E-state index is 0.00365. The van der Waals surface area contributed by atoms with Crippen molar-refractivity contribution in [3.8, 4) is 0 Å². The second kappa shape index (κ2) is 6.95. The summed E-state index contributed by atoms with van der Waals surface area (Å²) in [6.07, 6.45) is 1.47. The van der Waals surface area contributed by atoms with Crippen LogP contribution in [0, 0.1) is 0 Å². The fourth-order valence-corrected chi connectivity index (χ4v) is 1.56. The number of hydrogen-bond acceptors (Lipinski definition) is 4. The number of amides is 2. The smallest absolute Gasteiger partial charge is 0.317 e. The fraction of sp³-hybridized carbons (Fsp3) is 0.800. The van der Waals surface area contributed by atoms with E-state index in [1.165, 1.54) is 0 Å². The molecule has 0 radical (unpaired) electrons. The van der Waals surface area contributed by atoms with Crippen LogP contribution in [0.25, 0.3) is 0 Å². The zero-order chi connectivity index (χ0) is 12.7. The minimum Gasteiger partial charge on any atom is -0.409 e. The largest absolute Gasteiger partial charge is 0.409 e. The highest BCUT2D eigenvalue weighted by Crippen LogP contribution is 2.05. The number of rotatable bonds is 4. The first-order valence-electron chi connectivity index (χ1n) is 5.80. The summed E-state index contributed by atoms with van der Waals surface area (Å²) >= 11 is 0. The topological polar surface area (TPSA) is 100 Å². The molecule has 1 atom stereocenters. The molecule has 0 aromatic heterocycles. The monoisotopic (exact) mass is 244 g/mol. The molecule has 98 valence electrons. The van der Waals surface area contributed by atoms with Crippen molar-refractivity contribution in [1.29, 1.82) is 0 Å². The summed E-state index contributed by atoms with van der Waals surface area (Å²) in [4.78, 5) is 13.4. The Bertz CT molecular complexity index is 283. The average molecular weight is 244 g/mol. The molecule has 17 heavy (non-hydrogen) atoms. The van der Waals surface area contributed by atoms with Crippen molar-refractivity contribution >= 4 is 11.9 Å². The molecule has 0 saturated carbocycles. The molecule has 1 heterocycles. The number of urea groups is 1. The van der Waals surface area contributed by atoms with Crippen molar-refractivity contribution in [2.45, 2.75) is 25.9 Å². The fourth-order valence-electron chi connectivity index (χ4n) is 1.56. The standard InChI is InChI=1S/C10H20N4O3/c1-2-3-4-12-10(15)14-5-6-17-8(7-14)9(11)13-16/h8,16H,2-7H2,1H3,(H2,11,13)(H,12,15). The third kappa shape index (κ3) is 4.10. The van der Waals surface area contributed by atoms with Crippen LogP contribution in [0.2, 0.25) is 0 Å². The summed E-state index contributed by atoms with van der Waals surface area (Å²) in [5.41, 5.74) is 5.45. The molecule has 1 rings (SSSR count). The van der Waals surface area contributed by atoms with Crippen LogP contribution in [-0.4, -0.2) is 54.3 Å². The maximum absolute atomic E-state index is 11.7. The number of nitrogens with one attached hydrogen (secondary N) is 1. The van der Waals surface area contributed by atoms with Gasteiger partial charge in [-0.3, -0.25) is 0 Å². The minimum atomic E-state index is -0.523. The molecule has 0 spiro atoms. The number of carbonyl (C=O) groups is 1. The van der Waals surface area contributed by atoms with E-state index in [1.54, 1.807) is 4.90 Å². The van der Waals surface area contributed by atoms with Crippen molar-refractivity contribution < 1.29 is 14.7 Å². The van der Waals surface area contributed by atoms with Gasteiger partial charge in [-0.2, -0.15) is 0 Å². The first-order valence-corrected chi connectivity index (χ1v) is 5.80. The van der Waals surface area contributed by atoms with E-state index in [0.717, 1.165) is 12.8 Å². The van der Waals surface area contributed by atoms with Crippen molar-refractivity contribution in [1.82, 2.24) is 10.2 Å². The first-order chi connectivity index (χ1) is 8.19. The number of nitrogens with zero attached hydrogens (tertiary/aromatic N) is 2. The molecule has 1 fully saturated rings. The van der Waals surface area contributed by atoms with E-state index in [4.69, 9.17) is 15.7 Å². The summed E-state index contributed by atoms with van der Waals surface area (Å²) in [5, 5.41) is 14.3. The molecular weight excluding hydrogens is 224 g/mol. The van der Waals surface area contributed by atoms with E-state index in [-0.39, 0.29) is 11.9 Å². The van der Waals surface area contributed by atoms with Crippen molar-refractivity contribution in [3.05, 3.63) is 0 Å². The second-order valence-electron chi connectivity index (χ2n) is 3.92. The predicted molar refractivity (Wildman–Crippen MR) is 63.0 cm³/mol. The SMILES string of the molecule is CCCCNC(=O)N1CCOC(C(N)=NO)C1. The highest BCUT2D eigenvalue weighted by atomic mass is 16.5. The van der Waals surface area contributed by atoms with Gasteiger partial charge in [-0.25, -0.2) is 4.79 Å². The third-order valence-corrected chi connectivity index (χ3v) is 2.61. The molecule has 0 aromatic carbocycles. The van der Waals surface area contributed by atoms with Crippen molar-refractivity contribution in [2.24, 2.45) is 10.9 Å². The van der Waals surface area contributed by atoms with E-state index >= 15 is 0 Å². The average Bonchev–Trinajstić information content (AvgIpc) is 2.38. The van der Waals surface area contributed by atoms with E-state index < -0.39 is 6.10 Å². The Morgan fingerprint density at radius 2 is 2.47 bits per heavy atom. The number of morpholine rings is 1. The van der Waals surface area contributed by atoms with E-state index in [2.05, 4.69) is 17.4 Å². The van der Waals surface area contributed by atoms with Gasteiger partial charge in [0.15, 0.2) is 5.84 Å². The number of nitrogens with two attached hydrogens (primary N) is 1. The molecule has 4 N–H and O–H groups in total. The lowest BCUT2D eigenvalue weighted by molar-refractivity contribution is 0.0198. The molecule has 1 unspecified atom stereocenters. The molecule has 0 aliphatic carbocycles. The summed E-state index contributed by atoms with van der Waals surface area (Å²) in [6, 6.07) is -0.127. The normalized spacial score (nSPS) is 21.4. The molecule has 7 heteroatoms. The molecular formula is C10H20N4O3. The molecule has 7 nitrogen and oxygen atoms in total. The van der Waals surface area contributed by atoms with Crippen LogP contribution in [0.15, 0.2) is 5.16 Å². The number of carbonyl (C=O) groups excluding carboxylic acids is 1. The van der Waals surface area contributed by atoms with Gasteiger partial charge in [-0.1, -0.05) is 18.5 Å². The van der Waals surface area contributed by atoms with Crippen LogP contribution in [-0.2, 0) is 4.74 Å². The maximum atomic E-state index is 11.7. The third-order valence-electron chi connectivity index (χ3n) is 2.61. The zero-order valence-electron chi connectivity index (χ0n) is 10.1. The van der Waals surface area contributed by atoms with Gasteiger partial charge in [0.05, 0.1) is 13.2 Å². The lowest BCUT2D eigenvalue weighted by atomic mass is 10.2. The zero-order valence-corrected chi connectivity index (χ0v) is 10.1. The van der Waals surface area contributed by atoms with Crippen LogP contribution < -0.4 is 11.1 Å². The van der Waals surface area contributed by atoms with E-state index in [9.17, 15) is 4.79 Å². The number of hydrogen-bond donors (Lipinski definition) is 3. The van der Waals surface area contributed by atoms with Crippen LogP contribution in [0.1, 0.15) is 19.8 Å². The Kier molecular flexibility index (Phi) is 5.55. The Hall–Kier alpha value is -1.50. The summed E-state index contributed by atoms with van der Waals surface area (Å²) in [6.45, 7) is 3.96. The molecule has 0 aromatic rings. The first kappa shape index (κ1) is 13.6. The highest BCUT2D eigenvalue weighted by Gasteiger charge is 2.26. The van der Waals surface area contributed by atoms with Crippen LogP contribution in [0.3, 0.4) is 0 Å². The summed E-state index contributed by atoms with van der Waals surface area (Å²) < 4.78 is 5.30. The summed E-state index contributed by atoms with van der Waals surface area (Å²) in [5.74, 6) is -0.00365. The van der Waals surface area contributed by atoms with Gasteiger partial charge in [0.2, 0.25) is 0 Å². The highest BCUT2D eigenvalue weighted by molar-refractivity contribution is 5.85. The molecule has 1 aliphatic rings. The maximum Gasteiger partial charge on any atom is 0.317 e. The van der Waals surface area contributed by atoms with Gasteiger partial charge < -0.3 is 25.9 Å². The van der Waals surface area contributed by atoms with Gasteiger partial charge >= 0.3 is 6.03 Å². The number of oxime groups is 1. The van der Waals surface area contributed by atoms with E-state index in [1.807, 2.05) is 0 Å². The lowest BCUT2D eigenvalue weighted by Crippen LogP contribution is -2.53. The number of ether oxygens (including phenoxy) is 1. The number of unbranched alkanes of at least 4 members (excludes halogenated alkanes) is 1. The van der Waals surface area contributed by atoms with E-state index in [0.29, 0.717) is 26.2 Å². The molecule has 0 bridgehead atoms. The van der Waals surface area contributed by atoms with Gasteiger partial charge in [0.25, 0.3) is 0 Å². The second-order valence-corrected chi connectivity index (χ2v) is 3.92. The van der Waals surface area contributed by atoms with Crippen molar-refractivity contribution in [3.63, 3.8) is 0 Å². The van der Waals surface area contributed by atoms with Crippen LogP contribution in [0.4, 0.5) is 4.79 Å². The van der Waals surface area contributed by atoms with Crippen molar-refractivity contribution in [2.75, 3.05) is 26.2 Å². The number of amidine groups is 1.